The van der Waals surface area contributed by atoms with Gasteiger partial charge >= 0.3 is 12.0 Å². The average Bonchev–Trinajstić information content (AvgIpc) is 2.71. The van der Waals surface area contributed by atoms with Crippen molar-refractivity contribution in [3.8, 4) is 0 Å². The van der Waals surface area contributed by atoms with Crippen LogP contribution in [0.1, 0.15) is 22.3 Å². The first kappa shape index (κ1) is 22.9. The number of anilines is 1. The van der Waals surface area contributed by atoms with E-state index in [0.717, 1.165) is 16.1 Å². The number of urea groups is 1. The Morgan fingerprint density at radius 3 is 2.30 bits per heavy atom. The molecule has 0 aliphatic rings. The summed E-state index contributed by atoms with van der Waals surface area (Å²) in [4.78, 5) is 35.9. The van der Waals surface area contributed by atoms with Crippen molar-refractivity contribution in [2.24, 2.45) is 0 Å². The number of sulfonamides is 1. The first-order chi connectivity index (χ1) is 14.2. The maximum Gasteiger partial charge on any atom is 0.340 e. The van der Waals surface area contributed by atoms with Gasteiger partial charge in [-0.05, 0) is 17.7 Å². The summed E-state index contributed by atoms with van der Waals surface area (Å²) in [7, 11) is -2.25. The molecule has 2 rings (SSSR count). The summed E-state index contributed by atoms with van der Waals surface area (Å²) in [6, 6.07) is 14.6. The van der Waals surface area contributed by atoms with Crippen molar-refractivity contribution in [2.45, 2.75) is 13.0 Å². The van der Waals surface area contributed by atoms with E-state index in [9.17, 15) is 22.8 Å². The van der Waals surface area contributed by atoms with Crippen LogP contribution in [-0.2, 0) is 26.1 Å². The van der Waals surface area contributed by atoms with Gasteiger partial charge in [-0.2, -0.15) is 0 Å². The van der Waals surface area contributed by atoms with Crippen molar-refractivity contribution in [1.29, 1.82) is 0 Å². The Balaban J connectivity index is 1.82. The third kappa shape index (κ3) is 6.89. The van der Waals surface area contributed by atoms with E-state index in [1.54, 1.807) is 12.1 Å². The first-order valence-corrected chi connectivity index (χ1v) is 10.8. The van der Waals surface area contributed by atoms with Gasteiger partial charge in [-0.1, -0.05) is 42.5 Å². The number of hydrogen-bond donors (Lipinski definition) is 2. The zero-order valence-electron chi connectivity index (χ0n) is 16.6. The topological polar surface area (TPSA) is 122 Å². The standard InChI is InChI=1S/C20H23N3O6S/c1-23(30(2,27)28)17-11-7-6-10-16(17)19(25)29-13-12-18(24)22-20(26)21-14-15-8-4-3-5-9-15/h3-11H,12-14H2,1-2H3,(H2,21,22,24,26). The molecule has 0 saturated heterocycles. The molecule has 0 atom stereocenters. The Labute approximate surface area is 175 Å². The number of carbonyl (C=O) groups is 3. The van der Waals surface area contributed by atoms with Crippen LogP contribution in [-0.4, -0.2) is 46.2 Å². The highest BCUT2D eigenvalue weighted by Gasteiger charge is 2.20. The van der Waals surface area contributed by atoms with Crippen LogP contribution >= 0.6 is 0 Å². The van der Waals surface area contributed by atoms with Crippen LogP contribution in [0.15, 0.2) is 54.6 Å². The van der Waals surface area contributed by atoms with Gasteiger partial charge in [0.2, 0.25) is 15.9 Å². The van der Waals surface area contributed by atoms with E-state index in [-0.39, 0.29) is 30.8 Å². The number of ether oxygens (including phenoxy) is 1. The molecule has 0 heterocycles. The van der Waals surface area contributed by atoms with Gasteiger partial charge in [-0.25, -0.2) is 18.0 Å². The van der Waals surface area contributed by atoms with E-state index < -0.39 is 27.9 Å². The van der Waals surface area contributed by atoms with Crippen molar-refractivity contribution in [3.63, 3.8) is 0 Å². The minimum Gasteiger partial charge on any atom is -0.461 e. The fourth-order valence-corrected chi connectivity index (χ4v) is 2.94. The third-order valence-corrected chi connectivity index (χ3v) is 5.26. The summed E-state index contributed by atoms with van der Waals surface area (Å²) in [5.74, 6) is -1.39. The number of esters is 1. The lowest BCUT2D eigenvalue weighted by Gasteiger charge is -2.19. The molecule has 160 valence electrons. The van der Waals surface area contributed by atoms with E-state index in [0.29, 0.717) is 0 Å². The number of imide groups is 1. The van der Waals surface area contributed by atoms with Gasteiger partial charge in [0.1, 0.15) is 6.61 Å². The van der Waals surface area contributed by atoms with Crippen LogP contribution in [0.25, 0.3) is 0 Å². The van der Waals surface area contributed by atoms with Gasteiger partial charge in [0.05, 0.1) is 23.9 Å². The lowest BCUT2D eigenvalue weighted by molar-refractivity contribution is -0.120. The second kappa shape index (κ2) is 10.4. The highest BCUT2D eigenvalue weighted by molar-refractivity contribution is 7.92. The molecule has 0 spiro atoms. The molecule has 2 aromatic rings. The Hall–Kier alpha value is -3.40. The summed E-state index contributed by atoms with van der Waals surface area (Å²) >= 11 is 0. The lowest BCUT2D eigenvalue weighted by atomic mass is 10.2. The number of rotatable bonds is 8. The van der Waals surface area contributed by atoms with Crippen LogP contribution in [0.2, 0.25) is 0 Å². The normalized spacial score (nSPS) is 10.7. The second-order valence-electron chi connectivity index (χ2n) is 6.35. The van der Waals surface area contributed by atoms with Crippen LogP contribution < -0.4 is 14.9 Å². The molecular formula is C20H23N3O6S. The summed E-state index contributed by atoms with van der Waals surface area (Å²) in [5, 5.41) is 4.69. The SMILES string of the molecule is CN(c1ccccc1C(=O)OCCC(=O)NC(=O)NCc1ccccc1)S(C)(=O)=O. The molecule has 0 aliphatic heterocycles. The lowest BCUT2D eigenvalue weighted by Crippen LogP contribution is -2.39. The number of para-hydroxylation sites is 1. The van der Waals surface area contributed by atoms with Crippen molar-refractivity contribution >= 4 is 33.6 Å². The smallest absolute Gasteiger partial charge is 0.340 e. The van der Waals surface area contributed by atoms with Crippen LogP contribution in [0, 0.1) is 0 Å². The van der Waals surface area contributed by atoms with E-state index >= 15 is 0 Å². The van der Waals surface area contributed by atoms with E-state index in [1.165, 1.54) is 19.2 Å². The minimum absolute atomic E-state index is 0.0476. The quantitative estimate of drug-likeness (QED) is 0.611. The summed E-state index contributed by atoms with van der Waals surface area (Å²) in [6.07, 6.45) is 0.789. The minimum atomic E-state index is -3.57. The van der Waals surface area contributed by atoms with Gasteiger partial charge in [0, 0.05) is 13.6 Å². The first-order valence-electron chi connectivity index (χ1n) is 9.00. The number of nitrogens with zero attached hydrogens (tertiary/aromatic N) is 1. The summed E-state index contributed by atoms with van der Waals surface area (Å²) < 4.78 is 29.5. The van der Waals surface area contributed by atoms with Crippen molar-refractivity contribution < 1.29 is 27.5 Å². The monoisotopic (exact) mass is 433 g/mol. The zero-order valence-corrected chi connectivity index (χ0v) is 17.4. The fraction of sp³-hybridized carbons (Fsp3) is 0.250. The van der Waals surface area contributed by atoms with Crippen LogP contribution in [0.5, 0.6) is 0 Å². The Bertz CT molecular complexity index is 1010. The van der Waals surface area contributed by atoms with Crippen LogP contribution in [0.4, 0.5) is 10.5 Å². The maximum absolute atomic E-state index is 12.3. The molecule has 0 radical (unpaired) electrons. The molecule has 0 saturated carbocycles. The molecule has 3 amide bonds. The summed E-state index contributed by atoms with van der Waals surface area (Å²) in [6.45, 7) is -0.00681. The van der Waals surface area contributed by atoms with Crippen LogP contribution in [0.3, 0.4) is 0 Å². The van der Waals surface area contributed by atoms with E-state index in [4.69, 9.17) is 4.74 Å². The van der Waals surface area contributed by atoms with Gasteiger partial charge in [-0.3, -0.25) is 14.4 Å². The highest BCUT2D eigenvalue weighted by atomic mass is 32.2. The number of nitrogens with one attached hydrogen (secondary N) is 2. The molecule has 0 aromatic heterocycles. The number of benzene rings is 2. The number of amides is 3. The van der Waals surface area contributed by atoms with Gasteiger partial charge in [-0.15, -0.1) is 0 Å². The molecule has 30 heavy (non-hydrogen) atoms. The molecule has 0 aliphatic carbocycles. The highest BCUT2D eigenvalue weighted by Crippen LogP contribution is 2.22. The maximum atomic E-state index is 12.3. The van der Waals surface area contributed by atoms with Crippen molar-refractivity contribution in [2.75, 3.05) is 24.2 Å². The largest absolute Gasteiger partial charge is 0.461 e. The predicted molar refractivity (Wildman–Crippen MR) is 111 cm³/mol. The van der Waals surface area contributed by atoms with Gasteiger partial charge < -0.3 is 10.1 Å². The number of hydrogen-bond acceptors (Lipinski definition) is 6. The second-order valence-corrected chi connectivity index (χ2v) is 8.36. The van der Waals surface area contributed by atoms with Crippen molar-refractivity contribution in [3.05, 3.63) is 65.7 Å². The van der Waals surface area contributed by atoms with Crippen molar-refractivity contribution in [1.82, 2.24) is 10.6 Å². The molecular weight excluding hydrogens is 410 g/mol. The average molecular weight is 433 g/mol. The Morgan fingerprint density at radius 1 is 1.00 bits per heavy atom. The van der Waals surface area contributed by atoms with Gasteiger partial charge in [0.15, 0.2) is 0 Å². The van der Waals surface area contributed by atoms with Gasteiger partial charge in [0.25, 0.3) is 0 Å². The number of carbonyl (C=O) groups excluding carboxylic acids is 3. The predicted octanol–water partition coefficient (Wildman–Crippen LogP) is 1.66. The van der Waals surface area contributed by atoms with E-state index in [2.05, 4.69) is 10.6 Å². The Morgan fingerprint density at radius 2 is 1.63 bits per heavy atom. The molecule has 9 nitrogen and oxygen atoms in total. The summed E-state index contributed by atoms with van der Waals surface area (Å²) in [5.41, 5.74) is 1.09. The zero-order chi connectivity index (χ0) is 22.1. The third-order valence-electron chi connectivity index (χ3n) is 4.07. The molecule has 2 N–H and O–H groups in total. The van der Waals surface area contributed by atoms with E-state index in [1.807, 2.05) is 30.3 Å². The fourth-order valence-electron chi connectivity index (χ4n) is 2.43. The molecule has 2 aromatic carbocycles. The molecule has 0 fully saturated rings. The molecule has 10 heteroatoms. The molecule has 0 unspecified atom stereocenters. The molecule has 0 bridgehead atoms. The Kier molecular flexibility index (Phi) is 7.93.